The number of furan rings is 1. The Kier molecular flexibility index (Phi) is 4.19. The van der Waals surface area contributed by atoms with E-state index in [0.717, 1.165) is 5.56 Å². The van der Waals surface area contributed by atoms with Gasteiger partial charge in [0.2, 0.25) is 0 Å². The molecule has 0 atom stereocenters. The lowest BCUT2D eigenvalue weighted by atomic mass is 10.2. The van der Waals surface area contributed by atoms with Crippen molar-refractivity contribution >= 4 is 11.6 Å². The number of ether oxygens (including phenoxy) is 1. The number of nitro groups is 1. The van der Waals surface area contributed by atoms with Crippen molar-refractivity contribution in [2.45, 2.75) is 13.5 Å². The van der Waals surface area contributed by atoms with Gasteiger partial charge in [0.25, 0.3) is 11.6 Å². The molecule has 0 spiro atoms. The van der Waals surface area contributed by atoms with Gasteiger partial charge in [0.1, 0.15) is 24.4 Å². The van der Waals surface area contributed by atoms with Gasteiger partial charge < -0.3 is 9.15 Å². The summed E-state index contributed by atoms with van der Waals surface area (Å²) in [6, 6.07) is 5.82. The molecular weight excluding hydrogens is 278 g/mol. The Labute approximate surface area is 119 Å². The van der Waals surface area contributed by atoms with Gasteiger partial charge in [0.15, 0.2) is 0 Å². The van der Waals surface area contributed by atoms with E-state index in [9.17, 15) is 14.9 Å². The van der Waals surface area contributed by atoms with Gasteiger partial charge in [-0.25, -0.2) is 5.84 Å². The van der Waals surface area contributed by atoms with Crippen molar-refractivity contribution in [2.24, 2.45) is 5.84 Å². The van der Waals surface area contributed by atoms with Gasteiger partial charge in [-0.2, -0.15) is 0 Å². The number of aryl methyl sites for hydroxylation is 1. The maximum Gasteiger partial charge on any atom is 0.273 e. The molecule has 0 aliphatic carbocycles. The minimum atomic E-state index is -0.497. The SMILES string of the molecule is Cc1ccc([N+](=O)[O-])cc1OCc1cc(C(=O)NN)co1. The lowest BCUT2D eigenvalue weighted by Crippen LogP contribution is -2.29. The number of hydrogen-bond acceptors (Lipinski definition) is 6. The molecule has 8 heteroatoms. The fraction of sp³-hybridized carbons (Fsp3) is 0.154. The molecule has 0 radical (unpaired) electrons. The predicted molar refractivity (Wildman–Crippen MR) is 72.5 cm³/mol. The van der Waals surface area contributed by atoms with Crippen molar-refractivity contribution in [3.8, 4) is 5.75 Å². The van der Waals surface area contributed by atoms with E-state index < -0.39 is 10.8 Å². The topological polar surface area (TPSA) is 121 Å². The van der Waals surface area contributed by atoms with Gasteiger partial charge in [-0.05, 0) is 24.6 Å². The summed E-state index contributed by atoms with van der Waals surface area (Å²) in [5.41, 5.74) is 2.95. The third-order valence-corrected chi connectivity index (χ3v) is 2.80. The Hall–Kier alpha value is -2.87. The van der Waals surface area contributed by atoms with E-state index >= 15 is 0 Å². The second-order valence-corrected chi connectivity index (χ2v) is 4.27. The number of rotatable bonds is 5. The number of carbonyl (C=O) groups is 1. The largest absolute Gasteiger partial charge is 0.485 e. The number of nitrogen functional groups attached to an aromatic ring is 1. The molecule has 1 aromatic heterocycles. The maximum absolute atomic E-state index is 11.3. The normalized spacial score (nSPS) is 10.2. The standard InChI is InChI=1S/C13H13N3O5/c1-8-2-3-10(16(18)19)5-12(8)21-7-11-4-9(6-20-11)13(17)15-14/h2-6H,7,14H2,1H3,(H,15,17). The number of amides is 1. The molecule has 8 nitrogen and oxygen atoms in total. The molecule has 0 unspecified atom stereocenters. The molecule has 1 aromatic carbocycles. The highest BCUT2D eigenvalue weighted by molar-refractivity contribution is 5.93. The van der Waals surface area contributed by atoms with Crippen LogP contribution in [0.3, 0.4) is 0 Å². The highest BCUT2D eigenvalue weighted by Gasteiger charge is 2.12. The monoisotopic (exact) mass is 291 g/mol. The molecule has 2 aromatic rings. The number of nitrogens with two attached hydrogens (primary N) is 1. The van der Waals surface area contributed by atoms with Crippen LogP contribution in [-0.2, 0) is 6.61 Å². The Morgan fingerprint density at radius 1 is 1.48 bits per heavy atom. The van der Waals surface area contributed by atoms with Crippen molar-refractivity contribution in [2.75, 3.05) is 0 Å². The molecule has 2 rings (SSSR count). The van der Waals surface area contributed by atoms with E-state index in [-0.39, 0.29) is 17.9 Å². The molecule has 0 bridgehead atoms. The zero-order valence-electron chi connectivity index (χ0n) is 11.2. The van der Waals surface area contributed by atoms with Crippen LogP contribution in [0.1, 0.15) is 21.7 Å². The van der Waals surface area contributed by atoms with Crippen LogP contribution in [0.4, 0.5) is 5.69 Å². The van der Waals surface area contributed by atoms with Crippen molar-refractivity contribution in [1.82, 2.24) is 5.43 Å². The number of carbonyl (C=O) groups excluding carboxylic acids is 1. The van der Waals surface area contributed by atoms with Crippen LogP contribution in [0, 0.1) is 17.0 Å². The Bertz CT molecular complexity index is 680. The molecule has 0 aliphatic heterocycles. The highest BCUT2D eigenvalue weighted by Crippen LogP contribution is 2.25. The van der Waals surface area contributed by atoms with E-state index in [1.54, 1.807) is 13.0 Å². The van der Waals surface area contributed by atoms with Gasteiger partial charge in [0.05, 0.1) is 16.6 Å². The third kappa shape index (κ3) is 3.37. The fourth-order valence-corrected chi connectivity index (χ4v) is 1.67. The smallest absolute Gasteiger partial charge is 0.273 e. The number of hydrogen-bond donors (Lipinski definition) is 2. The quantitative estimate of drug-likeness (QED) is 0.374. The van der Waals surface area contributed by atoms with Crippen LogP contribution in [0.5, 0.6) is 5.75 Å². The summed E-state index contributed by atoms with van der Waals surface area (Å²) in [5, 5.41) is 10.7. The summed E-state index contributed by atoms with van der Waals surface area (Å²) >= 11 is 0. The summed E-state index contributed by atoms with van der Waals surface area (Å²) in [6.45, 7) is 1.81. The molecule has 21 heavy (non-hydrogen) atoms. The van der Waals surface area contributed by atoms with Gasteiger partial charge in [0, 0.05) is 6.07 Å². The van der Waals surface area contributed by atoms with Crippen molar-refractivity contribution in [1.29, 1.82) is 0 Å². The molecule has 1 amide bonds. The summed E-state index contributed by atoms with van der Waals surface area (Å²) in [4.78, 5) is 21.5. The molecule has 0 fully saturated rings. The molecule has 0 saturated heterocycles. The Balaban J connectivity index is 2.09. The van der Waals surface area contributed by atoms with Crippen LogP contribution in [-0.4, -0.2) is 10.8 Å². The lowest BCUT2D eigenvalue weighted by Gasteiger charge is -2.07. The van der Waals surface area contributed by atoms with E-state index in [2.05, 4.69) is 0 Å². The summed E-state index contributed by atoms with van der Waals surface area (Å²) in [6.07, 6.45) is 1.25. The van der Waals surface area contributed by atoms with E-state index in [1.165, 1.54) is 24.5 Å². The third-order valence-electron chi connectivity index (χ3n) is 2.80. The number of nitrogens with one attached hydrogen (secondary N) is 1. The van der Waals surface area contributed by atoms with Crippen molar-refractivity contribution in [3.05, 3.63) is 57.5 Å². The summed E-state index contributed by atoms with van der Waals surface area (Å²) in [7, 11) is 0. The molecule has 110 valence electrons. The first kappa shape index (κ1) is 14.5. The molecular formula is C13H13N3O5. The van der Waals surface area contributed by atoms with Gasteiger partial charge >= 0.3 is 0 Å². The van der Waals surface area contributed by atoms with E-state index in [1.807, 2.05) is 5.43 Å². The minimum Gasteiger partial charge on any atom is -0.485 e. The highest BCUT2D eigenvalue weighted by atomic mass is 16.6. The van der Waals surface area contributed by atoms with Crippen LogP contribution in [0.25, 0.3) is 0 Å². The van der Waals surface area contributed by atoms with E-state index in [4.69, 9.17) is 15.0 Å². The number of nitro benzene ring substituents is 1. The first-order valence-electron chi connectivity index (χ1n) is 5.97. The lowest BCUT2D eigenvalue weighted by molar-refractivity contribution is -0.385. The van der Waals surface area contributed by atoms with Crippen LogP contribution < -0.4 is 16.0 Å². The van der Waals surface area contributed by atoms with Crippen molar-refractivity contribution in [3.63, 3.8) is 0 Å². The minimum absolute atomic E-state index is 0.0415. The van der Waals surface area contributed by atoms with Gasteiger partial charge in [-0.3, -0.25) is 20.3 Å². The molecule has 0 aliphatic rings. The first-order valence-corrected chi connectivity index (χ1v) is 5.97. The average Bonchev–Trinajstić information content (AvgIpc) is 2.94. The zero-order valence-corrected chi connectivity index (χ0v) is 11.2. The number of nitrogens with zero attached hydrogens (tertiary/aromatic N) is 1. The Morgan fingerprint density at radius 2 is 2.24 bits per heavy atom. The van der Waals surface area contributed by atoms with E-state index in [0.29, 0.717) is 11.5 Å². The number of benzene rings is 1. The van der Waals surface area contributed by atoms with Crippen molar-refractivity contribution < 1.29 is 18.9 Å². The predicted octanol–water partition coefficient (Wildman–Crippen LogP) is 1.68. The number of non-ortho nitro benzene ring substituents is 1. The maximum atomic E-state index is 11.3. The fourth-order valence-electron chi connectivity index (χ4n) is 1.67. The first-order chi connectivity index (χ1) is 10.0. The molecule has 0 saturated carbocycles. The summed E-state index contributed by atoms with van der Waals surface area (Å²) in [5.74, 6) is 5.31. The average molecular weight is 291 g/mol. The molecule has 1 heterocycles. The van der Waals surface area contributed by atoms with Crippen LogP contribution in [0.2, 0.25) is 0 Å². The second-order valence-electron chi connectivity index (χ2n) is 4.27. The van der Waals surface area contributed by atoms with Crippen LogP contribution in [0.15, 0.2) is 34.9 Å². The van der Waals surface area contributed by atoms with Gasteiger partial charge in [-0.1, -0.05) is 0 Å². The van der Waals surface area contributed by atoms with Gasteiger partial charge in [-0.15, -0.1) is 0 Å². The summed E-state index contributed by atoms with van der Waals surface area (Å²) < 4.78 is 10.6. The zero-order chi connectivity index (χ0) is 15.4. The number of hydrazine groups is 1. The molecule has 3 N–H and O–H groups in total. The Morgan fingerprint density at radius 3 is 2.90 bits per heavy atom. The second kappa shape index (κ2) is 6.06. The van der Waals surface area contributed by atoms with Crippen LogP contribution >= 0.6 is 0 Å².